The van der Waals surface area contributed by atoms with Gasteiger partial charge < -0.3 is 5.32 Å². The fraction of sp³-hybridized carbons (Fsp3) is 0.500. The van der Waals surface area contributed by atoms with Gasteiger partial charge in [-0.2, -0.15) is 0 Å². The second kappa shape index (κ2) is 7.39. The SMILES string of the molecule is CC[C@@H](NC(=O)[C@H](NCl)C(C)C)c1ccccc1. The molecule has 0 heterocycles. The minimum Gasteiger partial charge on any atom is -0.348 e. The Bertz CT molecular complexity index is 367. The number of amides is 1. The molecule has 1 aromatic rings. The maximum absolute atomic E-state index is 12.1. The molecule has 3 nitrogen and oxygen atoms in total. The highest BCUT2D eigenvalue weighted by atomic mass is 35.5. The first-order valence-corrected chi connectivity index (χ1v) is 6.69. The van der Waals surface area contributed by atoms with Crippen molar-refractivity contribution in [3.05, 3.63) is 35.9 Å². The largest absolute Gasteiger partial charge is 0.348 e. The van der Waals surface area contributed by atoms with Gasteiger partial charge in [0.1, 0.15) is 6.04 Å². The summed E-state index contributed by atoms with van der Waals surface area (Å²) in [6, 6.07) is 9.62. The molecule has 0 saturated heterocycles. The van der Waals surface area contributed by atoms with Crippen molar-refractivity contribution in [3.63, 3.8) is 0 Å². The molecule has 1 amide bonds. The minimum atomic E-state index is -0.371. The molecule has 0 saturated carbocycles. The van der Waals surface area contributed by atoms with Gasteiger partial charge in [0.05, 0.1) is 6.04 Å². The van der Waals surface area contributed by atoms with Crippen molar-refractivity contribution in [2.75, 3.05) is 0 Å². The second-order valence-electron chi connectivity index (χ2n) is 4.71. The van der Waals surface area contributed by atoms with Crippen molar-refractivity contribution in [2.24, 2.45) is 5.92 Å². The van der Waals surface area contributed by atoms with E-state index in [0.29, 0.717) is 0 Å². The standard InChI is InChI=1S/C14H21ClN2O/c1-4-12(11-8-6-5-7-9-11)16-14(18)13(17-15)10(2)3/h5-10,12-13,17H,4H2,1-3H3,(H,16,18)/t12-,13-/m1/s1. The number of carbonyl (C=O) groups excluding carboxylic acids is 1. The van der Waals surface area contributed by atoms with Crippen LogP contribution >= 0.6 is 11.8 Å². The normalized spacial score (nSPS) is 14.3. The number of halogens is 1. The van der Waals surface area contributed by atoms with Crippen LogP contribution in [-0.4, -0.2) is 11.9 Å². The third kappa shape index (κ3) is 4.00. The average Bonchev–Trinajstić information content (AvgIpc) is 2.37. The minimum absolute atomic E-state index is 0.0324. The molecule has 0 spiro atoms. The fourth-order valence-electron chi connectivity index (χ4n) is 1.85. The lowest BCUT2D eigenvalue weighted by Crippen LogP contribution is -2.45. The van der Waals surface area contributed by atoms with Crippen LogP contribution < -0.4 is 10.2 Å². The van der Waals surface area contributed by atoms with Crippen LogP contribution in [-0.2, 0) is 4.79 Å². The number of benzene rings is 1. The number of nitrogens with one attached hydrogen (secondary N) is 2. The highest BCUT2D eigenvalue weighted by molar-refractivity contribution is 6.15. The molecule has 4 heteroatoms. The van der Waals surface area contributed by atoms with Crippen LogP contribution in [0.15, 0.2) is 30.3 Å². The zero-order valence-corrected chi connectivity index (χ0v) is 11.9. The maximum Gasteiger partial charge on any atom is 0.239 e. The van der Waals surface area contributed by atoms with E-state index < -0.39 is 0 Å². The molecule has 18 heavy (non-hydrogen) atoms. The lowest BCUT2D eigenvalue weighted by Gasteiger charge is -2.23. The molecule has 0 fully saturated rings. The van der Waals surface area contributed by atoms with E-state index in [9.17, 15) is 4.79 Å². The van der Waals surface area contributed by atoms with Crippen LogP contribution in [0.2, 0.25) is 0 Å². The monoisotopic (exact) mass is 268 g/mol. The summed E-state index contributed by atoms with van der Waals surface area (Å²) in [7, 11) is 0. The fourth-order valence-corrected chi connectivity index (χ4v) is 2.20. The number of rotatable bonds is 6. The summed E-state index contributed by atoms with van der Waals surface area (Å²) < 4.78 is 0. The molecule has 1 aromatic carbocycles. The smallest absolute Gasteiger partial charge is 0.239 e. The Morgan fingerprint density at radius 3 is 2.33 bits per heavy atom. The van der Waals surface area contributed by atoms with Crippen LogP contribution in [0.3, 0.4) is 0 Å². The van der Waals surface area contributed by atoms with Crippen LogP contribution in [0, 0.1) is 5.92 Å². The molecule has 100 valence electrons. The summed E-state index contributed by atoms with van der Waals surface area (Å²) in [6.07, 6.45) is 0.850. The van der Waals surface area contributed by atoms with E-state index in [4.69, 9.17) is 11.8 Å². The first-order chi connectivity index (χ1) is 8.60. The quantitative estimate of drug-likeness (QED) is 0.779. The van der Waals surface area contributed by atoms with Crippen molar-refractivity contribution in [1.82, 2.24) is 10.2 Å². The molecule has 0 unspecified atom stereocenters. The van der Waals surface area contributed by atoms with Gasteiger partial charge in [0.25, 0.3) is 0 Å². The van der Waals surface area contributed by atoms with Gasteiger partial charge in [-0.3, -0.25) is 4.79 Å². The Kier molecular flexibility index (Phi) is 6.16. The molecule has 0 aliphatic carbocycles. The van der Waals surface area contributed by atoms with E-state index in [1.807, 2.05) is 44.2 Å². The number of hydrogen-bond acceptors (Lipinski definition) is 2. The molecular weight excluding hydrogens is 248 g/mol. The van der Waals surface area contributed by atoms with Gasteiger partial charge in [0.2, 0.25) is 5.91 Å². The van der Waals surface area contributed by atoms with E-state index in [0.717, 1.165) is 12.0 Å². The Hall–Kier alpha value is -1.06. The van der Waals surface area contributed by atoms with Crippen LogP contribution in [0.25, 0.3) is 0 Å². The van der Waals surface area contributed by atoms with E-state index in [-0.39, 0.29) is 23.9 Å². The Balaban J connectivity index is 2.72. The van der Waals surface area contributed by atoms with E-state index in [1.165, 1.54) is 0 Å². The highest BCUT2D eigenvalue weighted by Gasteiger charge is 2.23. The molecule has 0 aliphatic rings. The molecule has 0 bridgehead atoms. The zero-order chi connectivity index (χ0) is 13.5. The maximum atomic E-state index is 12.1. The molecule has 0 radical (unpaired) electrons. The van der Waals surface area contributed by atoms with Gasteiger partial charge >= 0.3 is 0 Å². The highest BCUT2D eigenvalue weighted by Crippen LogP contribution is 2.16. The van der Waals surface area contributed by atoms with E-state index >= 15 is 0 Å². The van der Waals surface area contributed by atoms with Crippen molar-refractivity contribution < 1.29 is 4.79 Å². The van der Waals surface area contributed by atoms with Crippen LogP contribution in [0.1, 0.15) is 38.8 Å². The topological polar surface area (TPSA) is 41.1 Å². The summed E-state index contributed by atoms with van der Waals surface area (Å²) in [4.78, 5) is 14.6. The lowest BCUT2D eigenvalue weighted by atomic mass is 10.0. The molecule has 1 rings (SSSR count). The van der Waals surface area contributed by atoms with Crippen LogP contribution in [0.4, 0.5) is 0 Å². The van der Waals surface area contributed by atoms with Crippen LogP contribution in [0.5, 0.6) is 0 Å². The van der Waals surface area contributed by atoms with Crippen molar-refractivity contribution in [2.45, 2.75) is 39.3 Å². The summed E-state index contributed by atoms with van der Waals surface area (Å²) >= 11 is 5.62. The summed E-state index contributed by atoms with van der Waals surface area (Å²) in [5, 5.41) is 3.03. The first kappa shape index (κ1) is 15.0. The Labute approximate surface area is 114 Å². The molecular formula is C14H21ClN2O. The van der Waals surface area contributed by atoms with Crippen molar-refractivity contribution in [1.29, 1.82) is 0 Å². The van der Waals surface area contributed by atoms with Gasteiger partial charge in [-0.25, -0.2) is 4.84 Å². The van der Waals surface area contributed by atoms with Gasteiger partial charge in [0, 0.05) is 0 Å². The Morgan fingerprint density at radius 2 is 1.89 bits per heavy atom. The first-order valence-electron chi connectivity index (χ1n) is 6.31. The molecule has 2 atom stereocenters. The zero-order valence-electron chi connectivity index (χ0n) is 11.1. The Morgan fingerprint density at radius 1 is 1.28 bits per heavy atom. The summed E-state index contributed by atoms with van der Waals surface area (Å²) in [5.41, 5.74) is 1.12. The lowest BCUT2D eigenvalue weighted by molar-refractivity contribution is -0.124. The number of hydrogen-bond donors (Lipinski definition) is 2. The van der Waals surface area contributed by atoms with Gasteiger partial charge in [-0.15, -0.1) is 0 Å². The third-order valence-corrected chi connectivity index (χ3v) is 3.23. The molecule has 0 aliphatic heterocycles. The second-order valence-corrected chi connectivity index (χ2v) is 4.93. The van der Waals surface area contributed by atoms with Gasteiger partial charge in [0.15, 0.2) is 0 Å². The van der Waals surface area contributed by atoms with Gasteiger partial charge in [-0.05, 0) is 29.7 Å². The van der Waals surface area contributed by atoms with E-state index in [2.05, 4.69) is 17.1 Å². The van der Waals surface area contributed by atoms with Crippen molar-refractivity contribution in [3.8, 4) is 0 Å². The predicted molar refractivity (Wildman–Crippen MR) is 75.2 cm³/mol. The molecule has 2 N–H and O–H groups in total. The summed E-state index contributed by atoms with van der Waals surface area (Å²) in [5.74, 6) is 0.0893. The predicted octanol–water partition coefficient (Wildman–Crippen LogP) is 3.02. The number of carbonyl (C=O) groups is 1. The average molecular weight is 269 g/mol. The summed E-state index contributed by atoms with van der Waals surface area (Å²) in [6.45, 7) is 5.97. The third-order valence-electron chi connectivity index (χ3n) is 2.99. The van der Waals surface area contributed by atoms with Crippen molar-refractivity contribution >= 4 is 17.7 Å². The molecule has 0 aromatic heterocycles. The van der Waals surface area contributed by atoms with E-state index in [1.54, 1.807) is 0 Å². The van der Waals surface area contributed by atoms with Gasteiger partial charge in [-0.1, -0.05) is 51.1 Å².